The average Bonchev–Trinajstić information content (AvgIpc) is 3.09. The zero-order valence-electron chi connectivity index (χ0n) is 14.1. The Balaban J connectivity index is 1.84. The molecule has 0 saturated carbocycles. The minimum absolute atomic E-state index is 0.0847. The number of rotatable bonds is 2. The van der Waals surface area contributed by atoms with E-state index in [2.05, 4.69) is 21.0 Å². The number of ether oxygens (including phenoxy) is 1. The maximum Gasteiger partial charge on any atom is 0.410 e. The number of aliphatic hydroxyl groups excluding tert-OH is 1. The van der Waals surface area contributed by atoms with E-state index in [0.717, 1.165) is 21.8 Å². The summed E-state index contributed by atoms with van der Waals surface area (Å²) in [5.41, 5.74) is 1.13. The second-order valence-electron chi connectivity index (χ2n) is 7.08. The highest BCUT2D eigenvalue weighted by molar-refractivity contribution is 9.10. The molecule has 7 heteroatoms. The molecule has 2 heterocycles. The molecule has 1 aromatic heterocycles. The number of carbonyl (C=O) groups excluding carboxylic acids is 1. The molecule has 1 amide bonds. The van der Waals surface area contributed by atoms with Crippen molar-refractivity contribution in [2.45, 2.75) is 45.4 Å². The molecule has 1 aliphatic heterocycles. The second kappa shape index (κ2) is 6.37. The third-order valence-electron chi connectivity index (χ3n) is 4.06. The fourth-order valence-electron chi connectivity index (χ4n) is 3.01. The van der Waals surface area contributed by atoms with Crippen molar-refractivity contribution in [3.63, 3.8) is 0 Å². The summed E-state index contributed by atoms with van der Waals surface area (Å²) in [6, 6.07) is 6.00. The minimum atomic E-state index is -0.496. The van der Waals surface area contributed by atoms with E-state index in [1.807, 2.05) is 43.7 Å². The number of hydrogen-bond acceptors (Lipinski definition) is 4. The number of hydrogen-bond donors (Lipinski definition) is 1. The van der Waals surface area contributed by atoms with Gasteiger partial charge in [-0.1, -0.05) is 15.9 Å². The van der Waals surface area contributed by atoms with Gasteiger partial charge in [-0.25, -0.2) is 4.79 Å². The SMILES string of the molecule is CC(C)(C)OC(=O)N1CC[C@@H](n2nc(CO)c3cc(Br)ccc32)C1. The lowest BCUT2D eigenvalue weighted by Crippen LogP contribution is -2.35. The first kappa shape index (κ1) is 17.2. The topological polar surface area (TPSA) is 67.6 Å². The lowest BCUT2D eigenvalue weighted by Gasteiger charge is -2.24. The number of nitrogens with zero attached hydrogens (tertiary/aromatic N) is 3. The van der Waals surface area contributed by atoms with Gasteiger partial charge in [0.05, 0.1) is 23.9 Å². The van der Waals surface area contributed by atoms with Crippen LogP contribution in [-0.2, 0) is 11.3 Å². The maximum absolute atomic E-state index is 12.2. The van der Waals surface area contributed by atoms with Crippen LogP contribution in [0.15, 0.2) is 22.7 Å². The quantitative estimate of drug-likeness (QED) is 0.844. The Morgan fingerprint density at radius 2 is 2.21 bits per heavy atom. The normalized spacial score (nSPS) is 18.4. The molecule has 1 aromatic carbocycles. The highest BCUT2D eigenvalue weighted by Gasteiger charge is 2.32. The highest BCUT2D eigenvalue weighted by atomic mass is 79.9. The summed E-state index contributed by atoms with van der Waals surface area (Å²) in [4.78, 5) is 14.0. The third kappa shape index (κ3) is 3.42. The van der Waals surface area contributed by atoms with E-state index in [9.17, 15) is 9.90 Å². The van der Waals surface area contributed by atoms with E-state index in [1.54, 1.807) is 4.90 Å². The summed E-state index contributed by atoms with van der Waals surface area (Å²) in [5.74, 6) is 0. The standard InChI is InChI=1S/C17H22BrN3O3/c1-17(2,3)24-16(23)20-7-6-12(9-20)21-15-5-4-11(18)8-13(15)14(10-22)19-21/h4-5,8,12,22H,6-7,9-10H2,1-3H3/t12-/m1/s1. The van der Waals surface area contributed by atoms with E-state index in [4.69, 9.17) is 4.74 Å². The van der Waals surface area contributed by atoms with E-state index < -0.39 is 5.60 Å². The second-order valence-corrected chi connectivity index (χ2v) is 8.00. The van der Waals surface area contributed by atoms with Crippen LogP contribution in [0.25, 0.3) is 10.9 Å². The van der Waals surface area contributed by atoms with E-state index in [0.29, 0.717) is 18.8 Å². The first-order chi connectivity index (χ1) is 11.3. The van der Waals surface area contributed by atoms with Crippen molar-refractivity contribution in [1.82, 2.24) is 14.7 Å². The lowest BCUT2D eigenvalue weighted by atomic mass is 10.2. The molecule has 24 heavy (non-hydrogen) atoms. The van der Waals surface area contributed by atoms with Crippen LogP contribution in [0.4, 0.5) is 4.79 Å². The Morgan fingerprint density at radius 1 is 1.46 bits per heavy atom. The van der Waals surface area contributed by atoms with Crippen LogP contribution >= 0.6 is 15.9 Å². The summed E-state index contributed by atoms with van der Waals surface area (Å²) in [5, 5.41) is 15.1. The number of likely N-dealkylation sites (tertiary alicyclic amines) is 1. The molecule has 1 aliphatic rings. The molecule has 130 valence electrons. The van der Waals surface area contributed by atoms with Gasteiger partial charge in [-0.05, 0) is 45.4 Å². The zero-order valence-corrected chi connectivity index (χ0v) is 15.7. The van der Waals surface area contributed by atoms with Gasteiger partial charge in [0.25, 0.3) is 0 Å². The molecule has 0 aliphatic carbocycles. The zero-order chi connectivity index (χ0) is 17.5. The van der Waals surface area contributed by atoms with E-state index in [1.165, 1.54) is 0 Å². The third-order valence-corrected chi connectivity index (χ3v) is 4.55. The van der Waals surface area contributed by atoms with Gasteiger partial charge in [0, 0.05) is 22.9 Å². The van der Waals surface area contributed by atoms with Crippen LogP contribution in [0.5, 0.6) is 0 Å². The Kier molecular flexibility index (Phi) is 4.57. The summed E-state index contributed by atoms with van der Waals surface area (Å²) in [6.45, 7) is 6.70. The fourth-order valence-corrected chi connectivity index (χ4v) is 3.37. The Labute approximate surface area is 149 Å². The molecule has 1 atom stereocenters. The molecule has 0 radical (unpaired) electrons. The number of benzene rings is 1. The molecule has 3 rings (SSSR count). The minimum Gasteiger partial charge on any atom is -0.444 e. The van der Waals surface area contributed by atoms with Gasteiger partial charge < -0.3 is 14.7 Å². The Bertz CT molecular complexity index is 766. The molecule has 6 nitrogen and oxygen atoms in total. The molecule has 2 aromatic rings. The highest BCUT2D eigenvalue weighted by Crippen LogP contribution is 2.30. The Morgan fingerprint density at radius 3 is 2.88 bits per heavy atom. The van der Waals surface area contributed by atoms with Crippen LogP contribution in [-0.4, -0.2) is 44.6 Å². The van der Waals surface area contributed by atoms with Crippen molar-refractivity contribution in [3.8, 4) is 0 Å². The molecular weight excluding hydrogens is 374 g/mol. The van der Waals surface area contributed by atoms with Crippen LogP contribution in [0.3, 0.4) is 0 Å². The summed E-state index contributed by atoms with van der Waals surface area (Å²) in [7, 11) is 0. The number of carbonyl (C=O) groups is 1. The van der Waals surface area contributed by atoms with Crippen molar-refractivity contribution in [1.29, 1.82) is 0 Å². The van der Waals surface area contributed by atoms with Gasteiger partial charge in [-0.2, -0.15) is 5.10 Å². The molecule has 1 N–H and O–H groups in total. The number of amides is 1. The van der Waals surface area contributed by atoms with Gasteiger partial charge >= 0.3 is 6.09 Å². The maximum atomic E-state index is 12.2. The molecule has 0 bridgehead atoms. The monoisotopic (exact) mass is 395 g/mol. The smallest absolute Gasteiger partial charge is 0.410 e. The number of aromatic nitrogens is 2. The predicted octanol–water partition coefficient (Wildman–Crippen LogP) is 3.47. The molecule has 0 spiro atoms. The average molecular weight is 396 g/mol. The van der Waals surface area contributed by atoms with Gasteiger partial charge in [-0.3, -0.25) is 4.68 Å². The summed E-state index contributed by atoms with van der Waals surface area (Å²) >= 11 is 3.46. The van der Waals surface area contributed by atoms with Crippen molar-refractivity contribution in [2.24, 2.45) is 0 Å². The molecule has 0 unspecified atom stereocenters. The molecule has 1 saturated heterocycles. The largest absolute Gasteiger partial charge is 0.444 e. The van der Waals surface area contributed by atoms with Gasteiger partial charge in [0.1, 0.15) is 5.60 Å². The lowest BCUT2D eigenvalue weighted by molar-refractivity contribution is 0.0288. The van der Waals surface area contributed by atoms with Crippen LogP contribution < -0.4 is 0 Å². The van der Waals surface area contributed by atoms with Crippen molar-refractivity contribution in [3.05, 3.63) is 28.4 Å². The number of fused-ring (bicyclic) bond motifs is 1. The number of aliphatic hydroxyl groups is 1. The van der Waals surface area contributed by atoms with Crippen molar-refractivity contribution >= 4 is 32.9 Å². The van der Waals surface area contributed by atoms with E-state index in [-0.39, 0.29) is 18.7 Å². The predicted molar refractivity (Wildman–Crippen MR) is 94.8 cm³/mol. The van der Waals surface area contributed by atoms with E-state index >= 15 is 0 Å². The van der Waals surface area contributed by atoms with Gasteiger partial charge in [0.2, 0.25) is 0 Å². The summed E-state index contributed by atoms with van der Waals surface area (Å²) < 4.78 is 8.32. The van der Waals surface area contributed by atoms with Crippen LogP contribution in [0.2, 0.25) is 0 Å². The van der Waals surface area contributed by atoms with Gasteiger partial charge in [-0.15, -0.1) is 0 Å². The van der Waals surface area contributed by atoms with Gasteiger partial charge in [0.15, 0.2) is 0 Å². The first-order valence-electron chi connectivity index (χ1n) is 8.04. The molecular formula is C17H22BrN3O3. The van der Waals surface area contributed by atoms with Crippen molar-refractivity contribution in [2.75, 3.05) is 13.1 Å². The molecule has 1 fully saturated rings. The van der Waals surface area contributed by atoms with Crippen molar-refractivity contribution < 1.29 is 14.6 Å². The Hall–Kier alpha value is -1.60. The summed E-state index contributed by atoms with van der Waals surface area (Å²) in [6.07, 6.45) is 0.531. The number of halogens is 1. The van der Waals surface area contributed by atoms with Crippen LogP contribution in [0, 0.1) is 0 Å². The fraction of sp³-hybridized carbons (Fsp3) is 0.529. The first-order valence-corrected chi connectivity index (χ1v) is 8.83. The van der Waals surface area contributed by atoms with Crippen LogP contribution in [0.1, 0.15) is 38.9 Å².